The molecule has 0 aliphatic heterocycles. The maximum absolute atomic E-state index is 5.81. The third kappa shape index (κ3) is 5.51. The average Bonchev–Trinajstić information content (AvgIpc) is 3.33. The molecule has 174 valence electrons. The fraction of sp³-hybridized carbons (Fsp3) is 0.448. The number of aromatic nitrogens is 2. The summed E-state index contributed by atoms with van der Waals surface area (Å²) in [6, 6.07) is 17.8. The van der Waals surface area contributed by atoms with Gasteiger partial charge in [-0.3, -0.25) is 14.9 Å². The Morgan fingerprint density at radius 3 is 2.39 bits per heavy atom. The highest BCUT2D eigenvalue weighted by Crippen LogP contribution is 2.47. The van der Waals surface area contributed by atoms with E-state index in [0.29, 0.717) is 0 Å². The van der Waals surface area contributed by atoms with Gasteiger partial charge in [-0.25, -0.2) is 0 Å². The van der Waals surface area contributed by atoms with Crippen molar-refractivity contribution in [2.75, 3.05) is 13.1 Å². The maximum Gasteiger partial charge on any atom is 0.0585 e. The van der Waals surface area contributed by atoms with Crippen LogP contribution >= 0.6 is 0 Å². The standard InChI is InChI=1S/C29H38N4/c1-23-19-24(2)27(32-20-23)21-33(18-9-8-16-30)22-28-26(13-10-17-31-28)29(14-6-7-15-29)25-11-4-3-5-12-25/h3-5,10-13,17,19-20H,6-9,14-16,18,21-22,30H2,1-2H3. The van der Waals surface area contributed by atoms with Gasteiger partial charge in [0.2, 0.25) is 0 Å². The lowest BCUT2D eigenvalue weighted by molar-refractivity contribution is 0.243. The lowest BCUT2D eigenvalue weighted by Crippen LogP contribution is -2.30. The van der Waals surface area contributed by atoms with Gasteiger partial charge in [-0.2, -0.15) is 0 Å². The van der Waals surface area contributed by atoms with Crippen molar-refractivity contribution < 1.29 is 0 Å². The Balaban J connectivity index is 1.65. The van der Waals surface area contributed by atoms with Crippen LogP contribution in [0.3, 0.4) is 0 Å². The zero-order valence-electron chi connectivity index (χ0n) is 20.3. The number of nitrogens with zero attached hydrogens (tertiary/aromatic N) is 3. The van der Waals surface area contributed by atoms with Crippen LogP contribution in [0.4, 0.5) is 0 Å². The number of unbranched alkanes of at least 4 members (excludes halogenated alkanes) is 1. The van der Waals surface area contributed by atoms with Crippen LogP contribution in [-0.4, -0.2) is 28.0 Å². The normalized spacial score (nSPS) is 15.3. The van der Waals surface area contributed by atoms with Crippen LogP contribution < -0.4 is 5.73 Å². The van der Waals surface area contributed by atoms with Gasteiger partial charge in [0, 0.05) is 30.9 Å². The van der Waals surface area contributed by atoms with E-state index in [1.165, 1.54) is 53.6 Å². The SMILES string of the molecule is Cc1cnc(CN(CCCCN)Cc2ncccc2C2(c3ccccc3)CCCC2)c(C)c1. The minimum atomic E-state index is 0.0752. The second-order valence-electron chi connectivity index (χ2n) is 9.64. The number of nitrogens with two attached hydrogens (primary N) is 1. The van der Waals surface area contributed by atoms with Crippen molar-refractivity contribution in [3.63, 3.8) is 0 Å². The zero-order chi connectivity index (χ0) is 23.1. The number of hydrogen-bond acceptors (Lipinski definition) is 4. The molecule has 2 N–H and O–H groups in total. The molecule has 0 atom stereocenters. The number of aryl methyl sites for hydroxylation is 2. The summed E-state index contributed by atoms with van der Waals surface area (Å²) in [6.07, 6.45) is 11.0. The summed E-state index contributed by atoms with van der Waals surface area (Å²) in [5.74, 6) is 0. The van der Waals surface area contributed by atoms with E-state index in [0.717, 1.165) is 44.7 Å². The van der Waals surface area contributed by atoms with E-state index < -0.39 is 0 Å². The smallest absolute Gasteiger partial charge is 0.0585 e. The largest absolute Gasteiger partial charge is 0.330 e. The van der Waals surface area contributed by atoms with Gasteiger partial charge >= 0.3 is 0 Å². The van der Waals surface area contributed by atoms with Crippen molar-refractivity contribution in [3.8, 4) is 0 Å². The zero-order valence-corrected chi connectivity index (χ0v) is 20.3. The molecule has 1 aromatic carbocycles. The molecule has 4 heteroatoms. The Morgan fingerprint density at radius 1 is 0.909 bits per heavy atom. The van der Waals surface area contributed by atoms with Gasteiger partial charge < -0.3 is 5.73 Å². The highest BCUT2D eigenvalue weighted by molar-refractivity contribution is 5.42. The van der Waals surface area contributed by atoms with Gasteiger partial charge in [0.25, 0.3) is 0 Å². The van der Waals surface area contributed by atoms with Crippen molar-refractivity contribution in [3.05, 3.63) is 94.6 Å². The maximum atomic E-state index is 5.81. The minimum absolute atomic E-state index is 0.0752. The molecular formula is C29H38N4. The lowest BCUT2D eigenvalue weighted by atomic mass is 9.72. The topological polar surface area (TPSA) is 55.0 Å². The number of hydrogen-bond donors (Lipinski definition) is 1. The summed E-state index contributed by atoms with van der Waals surface area (Å²) in [5, 5.41) is 0. The van der Waals surface area contributed by atoms with Crippen LogP contribution in [0.1, 0.15) is 72.2 Å². The Hall–Kier alpha value is -2.56. The van der Waals surface area contributed by atoms with Crippen molar-refractivity contribution in [1.29, 1.82) is 0 Å². The van der Waals surface area contributed by atoms with Gasteiger partial charge in [-0.15, -0.1) is 0 Å². The Labute approximate surface area is 199 Å². The van der Waals surface area contributed by atoms with Crippen LogP contribution in [0.5, 0.6) is 0 Å². The van der Waals surface area contributed by atoms with Crippen LogP contribution in [0.15, 0.2) is 60.9 Å². The fourth-order valence-electron chi connectivity index (χ4n) is 5.48. The summed E-state index contributed by atoms with van der Waals surface area (Å²) in [7, 11) is 0. The first-order chi connectivity index (χ1) is 16.1. The Bertz CT molecular complexity index is 1020. The molecule has 1 saturated carbocycles. The van der Waals surface area contributed by atoms with Gasteiger partial charge in [0.1, 0.15) is 0 Å². The van der Waals surface area contributed by atoms with Crippen molar-refractivity contribution in [1.82, 2.24) is 14.9 Å². The van der Waals surface area contributed by atoms with Gasteiger partial charge in [-0.05, 0) is 80.9 Å². The molecule has 0 amide bonds. The third-order valence-electron chi connectivity index (χ3n) is 7.19. The fourth-order valence-corrected chi connectivity index (χ4v) is 5.48. The summed E-state index contributed by atoms with van der Waals surface area (Å²) in [4.78, 5) is 12.2. The van der Waals surface area contributed by atoms with E-state index in [9.17, 15) is 0 Å². The predicted octanol–water partition coefficient (Wildman–Crippen LogP) is 5.69. The summed E-state index contributed by atoms with van der Waals surface area (Å²) in [6.45, 7) is 7.69. The molecule has 1 aliphatic carbocycles. The van der Waals surface area contributed by atoms with Gasteiger partial charge in [0.15, 0.2) is 0 Å². The first-order valence-electron chi connectivity index (χ1n) is 12.5. The molecule has 0 spiro atoms. The third-order valence-corrected chi connectivity index (χ3v) is 7.19. The lowest BCUT2D eigenvalue weighted by Gasteiger charge is -2.33. The van der Waals surface area contributed by atoms with Gasteiger partial charge in [-0.1, -0.05) is 55.3 Å². The predicted molar refractivity (Wildman–Crippen MR) is 136 cm³/mol. The molecule has 3 aromatic rings. The van der Waals surface area contributed by atoms with E-state index in [1.807, 2.05) is 12.4 Å². The van der Waals surface area contributed by atoms with Crippen LogP contribution in [0, 0.1) is 13.8 Å². The van der Waals surface area contributed by atoms with E-state index >= 15 is 0 Å². The van der Waals surface area contributed by atoms with E-state index in [4.69, 9.17) is 15.7 Å². The monoisotopic (exact) mass is 442 g/mol. The summed E-state index contributed by atoms with van der Waals surface area (Å²) < 4.78 is 0. The van der Waals surface area contributed by atoms with E-state index in [1.54, 1.807) is 0 Å². The number of benzene rings is 1. The quantitative estimate of drug-likeness (QED) is 0.410. The molecule has 1 fully saturated rings. The summed E-state index contributed by atoms with van der Waals surface area (Å²) >= 11 is 0. The molecule has 0 radical (unpaired) electrons. The Morgan fingerprint density at radius 2 is 1.67 bits per heavy atom. The molecule has 33 heavy (non-hydrogen) atoms. The average molecular weight is 443 g/mol. The highest BCUT2D eigenvalue weighted by atomic mass is 15.1. The molecule has 2 heterocycles. The van der Waals surface area contributed by atoms with Crippen LogP contribution in [-0.2, 0) is 18.5 Å². The molecule has 4 nitrogen and oxygen atoms in total. The summed E-state index contributed by atoms with van der Waals surface area (Å²) in [5.41, 5.74) is 13.6. The van der Waals surface area contributed by atoms with Crippen LogP contribution in [0.25, 0.3) is 0 Å². The number of rotatable bonds is 10. The molecule has 0 saturated heterocycles. The van der Waals surface area contributed by atoms with Gasteiger partial charge in [0.05, 0.1) is 11.4 Å². The first-order valence-corrected chi connectivity index (χ1v) is 12.5. The second kappa shape index (κ2) is 11.0. The molecule has 4 rings (SSSR count). The molecule has 0 unspecified atom stereocenters. The van der Waals surface area contributed by atoms with Crippen molar-refractivity contribution in [2.45, 2.75) is 70.9 Å². The first kappa shape index (κ1) is 23.6. The number of pyridine rings is 2. The van der Waals surface area contributed by atoms with Crippen LogP contribution in [0.2, 0.25) is 0 Å². The molecule has 1 aliphatic rings. The Kier molecular flexibility index (Phi) is 7.89. The second-order valence-corrected chi connectivity index (χ2v) is 9.64. The van der Waals surface area contributed by atoms with E-state index in [2.05, 4.69) is 67.3 Å². The van der Waals surface area contributed by atoms with Crippen molar-refractivity contribution in [2.24, 2.45) is 5.73 Å². The highest BCUT2D eigenvalue weighted by Gasteiger charge is 2.39. The molecule has 0 bridgehead atoms. The van der Waals surface area contributed by atoms with E-state index in [-0.39, 0.29) is 5.41 Å². The minimum Gasteiger partial charge on any atom is -0.330 e. The van der Waals surface area contributed by atoms with Crippen molar-refractivity contribution >= 4 is 0 Å². The molecular weight excluding hydrogens is 404 g/mol. The molecule has 2 aromatic heterocycles.